The summed E-state index contributed by atoms with van der Waals surface area (Å²) >= 11 is 0. The highest BCUT2D eigenvalue weighted by Gasteiger charge is 2.50. The number of hydrogen-bond donors (Lipinski definition) is 1. The van der Waals surface area contributed by atoms with E-state index in [0.29, 0.717) is 13.2 Å². The maximum absolute atomic E-state index is 12.9. The minimum absolute atomic E-state index is 0.0355. The quantitative estimate of drug-likeness (QED) is 0.843. The highest BCUT2D eigenvalue weighted by Crippen LogP contribution is 2.50. The van der Waals surface area contributed by atoms with Gasteiger partial charge in [0.25, 0.3) is 0 Å². The van der Waals surface area contributed by atoms with Crippen LogP contribution in [0.2, 0.25) is 0 Å². The molecule has 1 aliphatic carbocycles. The van der Waals surface area contributed by atoms with Gasteiger partial charge in [-0.3, -0.25) is 9.69 Å². The van der Waals surface area contributed by atoms with Gasteiger partial charge in [-0.15, -0.1) is 0 Å². The number of ether oxygens (including phenoxy) is 1. The number of amides is 1. The monoisotopic (exact) mass is 386 g/mol. The zero-order valence-corrected chi connectivity index (χ0v) is 17.1. The van der Waals surface area contributed by atoms with E-state index in [9.17, 15) is 9.90 Å². The number of aliphatic hydroxyl groups is 1. The van der Waals surface area contributed by atoms with Crippen molar-refractivity contribution in [3.8, 4) is 5.75 Å². The van der Waals surface area contributed by atoms with Crippen molar-refractivity contribution in [1.29, 1.82) is 0 Å². The van der Waals surface area contributed by atoms with Gasteiger partial charge in [0.05, 0.1) is 18.8 Å². The minimum Gasteiger partial charge on any atom is -0.494 e. The van der Waals surface area contributed by atoms with Crippen LogP contribution in [0.15, 0.2) is 24.3 Å². The van der Waals surface area contributed by atoms with E-state index in [1.54, 1.807) is 0 Å². The van der Waals surface area contributed by atoms with Crippen LogP contribution in [0.4, 0.5) is 0 Å². The summed E-state index contributed by atoms with van der Waals surface area (Å²) in [5.74, 6) is 1.28. The molecule has 2 aliphatic heterocycles. The second kappa shape index (κ2) is 8.42. The Morgan fingerprint density at radius 1 is 1.14 bits per heavy atom. The summed E-state index contributed by atoms with van der Waals surface area (Å²) in [5.41, 5.74) is 0.513. The predicted octanol–water partition coefficient (Wildman–Crippen LogP) is 3.38. The highest BCUT2D eigenvalue weighted by molar-refractivity contribution is 5.78. The number of para-hydroxylation sites is 1. The Bertz CT molecular complexity index is 688. The molecule has 3 aliphatic rings. The maximum atomic E-state index is 12.9. The van der Waals surface area contributed by atoms with Crippen molar-refractivity contribution in [3.63, 3.8) is 0 Å². The van der Waals surface area contributed by atoms with Gasteiger partial charge in [-0.2, -0.15) is 0 Å². The topological polar surface area (TPSA) is 53.0 Å². The lowest BCUT2D eigenvalue weighted by atomic mass is 9.66. The van der Waals surface area contributed by atoms with E-state index < -0.39 is 5.60 Å². The summed E-state index contributed by atoms with van der Waals surface area (Å²) in [6, 6.07) is 8.24. The summed E-state index contributed by atoms with van der Waals surface area (Å²) in [6.07, 6.45) is 7.12. The van der Waals surface area contributed by atoms with E-state index in [2.05, 4.69) is 17.0 Å². The smallest absolute Gasteiger partial charge is 0.236 e. The second-order valence-corrected chi connectivity index (χ2v) is 8.68. The first-order chi connectivity index (χ1) is 13.6. The van der Waals surface area contributed by atoms with E-state index in [0.717, 1.165) is 75.9 Å². The molecule has 0 bridgehead atoms. The summed E-state index contributed by atoms with van der Waals surface area (Å²) in [5, 5.41) is 11.4. The molecule has 28 heavy (non-hydrogen) atoms. The van der Waals surface area contributed by atoms with Gasteiger partial charge >= 0.3 is 0 Å². The number of carbonyl (C=O) groups excluding carboxylic acids is 1. The number of benzene rings is 1. The van der Waals surface area contributed by atoms with Crippen LogP contribution in [0.25, 0.3) is 0 Å². The summed E-state index contributed by atoms with van der Waals surface area (Å²) in [6.45, 7) is 5.60. The Labute approximate surface area is 168 Å². The van der Waals surface area contributed by atoms with Gasteiger partial charge in [0.2, 0.25) is 5.91 Å². The molecule has 1 aromatic carbocycles. The molecule has 0 unspecified atom stereocenters. The van der Waals surface area contributed by atoms with Gasteiger partial charge in [0.1, 0.15) is 5.75 Å². The lowest BCUT2D eigenvalue weighted by molar-refractivity contribution is -0.144. The van der Waals surface area contributed by atoms with Crippen LogP contribution >= 0.6 is 0 Å². The number of likely N-dealkylation sites (tertiary alicyclic amines) is 2. The van der Waals surface area contributed by atoms with Gasteiger partial charge in [0.15, 0.2) is 0 Å². The average Bonchev–Trinajstić information content (AvgIpc) is 3.24. The normalized spacial score (nSPS) is 30.9. The fraction of sp³-hybridized carbons (Fsp3) is 0.696. The van der Waals surface area contributed by atoms with Gasteiger partial charge in [-0.25, -0.2) is 0 Å². The molecule has 0 spiro atoms. The molecule has 3 atom stereocenters. The lowest BCUT2D eigenvalue weighted by Gasteiger charge is -2.52. The Morgan fingerprint density at radius 2 is 1.93 bits per heavy atom. The SMILES string of the molecule is CCOc1ccccc1[C@@H]1[C@@H]2CCCC[C@@]2(O)CCN1CC(=O)N1CCCC1. The van der Waals surface area contributed by atoms with Gasteiger partial charge in [-0.05, 0) is 45.1 Å². The summed E-state index contributed by atoms with van der Waals surface area (Å²) in [7, 11) is 0. The van der Waals surface area contributed by atoms with E-state index >= 15 is 0 Å². The van der Waals surface area contributed by atoms with Crippen LogP contribution in [-0.2, 0) is 4.79 Å². The number of hydrogen-bond acceptors (Lipinski definition) is 4. The van der Waals surface area contributed by atoms with Crippen molar-refractivity contribution in [2.45, 2.75) is 63.5 Å². The molecule has 4 rings (SSSR count). The molecule has 5 nitrogen and oxygen atoms in total. The Hall–Kier alpha value is -1.59. The fourth-order valence-electron chi connectivity index (χ4n) is 5.59. The summed E-state index contributed by atoms with van der Waals surface area (Å²) < 4.78 is 5.95. The number of fused-ring (bicyclic) bond motifs is 1. The van der Waals surface area contributed by atoms with E-state index in [1.165, 1.54) is 0 Å². The highest BCUT2D eigenvalue weighted by atomic mass is 16.5. The average molecular weight is 387 g/mol. The van der Waals surface area contributed by atoms with Crippen LogP contribution in [0.5, 0.6) is 5.75 Å². The molecule has 1 aromatic rings. The van der Waals surface area contributed by atoms with Gasteiger partial charge in [0, 0.05) is 37.2 Å². The Kier molecular flexibility index (Phi) is 5.93. The molecule has 0 aromatic heterocycles. The minimum atomic E-state index is -0.616. The zero-order chi connectivity index (χ0) is 19.6. The molecule has 3 fully saturated rings. The molecular weight excluding hydrogens is 352 g/mol. The third kappa shape index (κ3) is 3.79. The molecule has 0 radical (unpaired) electrons. The first kappa shape index (κ1) is 19.7. The van der Waals surface area contributed by atoms with Crippen molar-refractivity contribution in [2.24, 2.45) is 5.92 Å². The molecule has 2 saturated heterocycles. The molecule has 1 saturated carbocycles. The van der Waals surface area contributed by atoms with E-state index in [1.807, 2.05) is 24.0 Å². The van der Waals surface area contributed by atoms with Crippen LogP contribution in [0.1, 0.15) is 63.5 Å². The largest absolute Gasteiger partial charge is 0.494 e. The summed E-state index contributed by atoms with van der Waals surface area (Å²) in [4.78, 5) is 17.3. The van der Waals surface area contributed by atoms with Crippen molar-refractivity contribution >= 4 is 5.91 Å². The van der Waals surface area contributed by atoms with E-state index in [4.69, 9.17) is 4.74 Å². The Morgan fingerprint density at radius 3 is 2.71 bits per heavy atom. The number of nitrogens with zero attached hydrogens (tertiary/aromatic N) is 2. The van der Waals surface area contributed by atoms with Crippen molar-refractivity contribution in [1.82, 2.24) is 9.80 Å². The van der Waals surface area contributed by atoms with Gasteiger partial charge < -0.3 is 14.7 Å². The number of piperidine rings is 1. The molecule has 1 amide bonds. The van der Waals surface area contributed by atoms with Crippen LogP contribution in [-0.4, -0.2) is 59.2 Å². The molecule has 154 valence electrons. The first-order valence-electron chi connectivity index (χ1n) is 11.1. The number of rotatable bonds is 5. The van der Waals surface area contributed by atoms with E-state index in [-0.39, 0.29) is 17.9 Å². The number of carbonyl (C=O) groups is 1. The fourth-order valence-corrected chi connectivity index (χ4v) is 5.59. The second-order valence-electron chi connectivity index (χ2n) is 8.68. The van der Waals surface area contributed by atoms with Crippen molar-refractivity contribution < 1.29 is 14.6 Å². The maximum Gasteiger partial charge on any atom is 0.236 e. The van der Waals surface area contributed by atoms with Crippen molar-refractivity contribution in [3.05, 3.63) is 29.8 Å². The molecule has 5 heteroatoms. The van der Waals surface area contributed by atoms with Crippen LogP contribution in [0.3, 0.4) is 0 Å². The van der Waals surface area contributed by atoms with Crippen molar-refractivity contribution in [2.75, 3.05) is 32.8 Å². The van der Waals surface area contributed by atoms with Crippen LogP contribution < -0.4 is 4.74 Å². The predicted molar refractivity (Wildman–Crippen MR) is 109 cm³/mol. The Balaban J connectivity index is 1.65. The third-order valence-electron chi connectivity index (χ3n) is 7.01. The van der Waals surface area contributed by atoms with Gasteiger partial charge in [-0.1, -0.05) is 31.0 Å². The standard InChI is InChI=1S/C23H34N2O3/c1-2-28-20-11-4-3-9-18(20)22-19-10-5-6-12-23(19,27)13-16-25(22)17-21(26)24-14-7-8-15-24/h3-4,9,11,19,22,27H,2,5-8,10,12-17H2,1H3/t19-,22+,23+/m0/s1. The lowest BCUT2D eigenvalue weighted by Crippen LogP contribution is -2.56. The van der Waals surface area contributed by atoms with Crippen LogP contribution in [0, 0.1) is 5.92 Å². The molecular formula is C23H34N2O3. The zero-order valence-electron chi connectivity index (χ0n) is 17.1. The third-order valence-corrected chi connectivity index (χ3v) is 7.01. The molecule has 1 N–H and O–H groups in total. The first-order valence-corrected chi connectivity index (χ1v) is 11.1. The molecule has 2 heterocycles.